The minimum atomic E-state index is -0.342. The van der Waals surface area contributed by atoms with Crippen LogP contribution in [0.3, 0.4) is 0 Å². The largest absolute Gasteiger partial charge is 0.374 e. The van der Waals surface area contributed by atoms with Crippen molar-refractivity contribution in [1.29, 1.82) is 0 Å². The lowest BCUT2D eigenvalue weighted by atomic mass is 9.97. The van der Waals surface area contributed by atoms with Gasteiger partial charge in [0.1, 0.15) is 6.61 Å². The summed E-state index contributed by atoms with van der Waals surface area (Å²) >= 11 is 0. The van der Waals surface area contributed by atoms with Crippen molar-refractivity contribution in [2.75, 3.05) is 26.3 Å². The molecule has 0 radical (unpaired) electrons. The summed E-state index contributed by atoms with van der Waals surface area (Å²) in [6.45, 7) is 8.87. The first-order valence-electron chi connectivity index (χ1n) is 5.45. The SMILES string of the molecule is CCOCC(=O)C(C)(C)N1CCCC1. The van der Waals surface area contributed by atoms with Crippen molar-refractivity contribution in [3.8, 4) is 0 Å². The van der Waals surface area contributed by atoms with E-state index in [9.17, 15) is 4.79 Å². The monoisotopic (exact) mass is 199 g/mol. The maximum Gasteiger partial charge on any atom is 0.178 e. The molecule has 14 heavy (non-hydrogen) atoms. The van der Waals surface area contributed by atoms with Crippen LogP contribution in [0.2, 0.25) is 0 Å². The van der Waals surface area contributed by atoms with Gasteiger partial charge in [-0.1, -0.05) is 0 Å². The van der Waals surface area contributed by atoms with Gasteiger partial charge in [-0.15, -0.1) is 0 Å². The van der Waals surface area contributed by atoms with Crippen molar-refractivity contribution in [2.45, 2.75) is 39.2 Å². The molecule has 0 saturated carbocycles. The minimum absolute atomic E-state index is 0.196. The molecule has 0 bridgehead atoms. The highest BCUT2D eigenvalue weighted by molar-refractivity contribution is 5.88. The third kappa shape index (κ3) is 2.55. The Labute approximate surface area is 86.4 Å². The molecule has 0 aromatic heterocycles. The van der Waals surface area contributed by atoms with Crippen LogP contribution in [0.1, 0.15) is 33.6 Å². The number of ether oxygens (including phenoxy) is 1. The number of nitrogens with zero attached hydrogens (tertiary/aromatic N) is 1. The van der Waals surface area contributed by atoms with Crippen LogP contribution in [0.5, 0.6) is 0 Å². The van der Waals surface area contributed by atoms with Gasteiger partial charge in [-0.05, 0) is 46.7 Å². The number of likely N-dealkylation sites (tertiary alicyclic amines) is 1. The molecule has 0 amide bonds. The zero-order valence-electron chi connectivity index (χ0n) is 9.51. The Kier molecular flexibility index (Phi) is 4.08. The van der Waals surface area contributed by atoms with E-state index in [2.05, 4.69) is 4.90 Å². The Morgan fingerprint density at radius 1 is 1.36 bits per heavy atom. The number of carbonyl (C=O) groups is 1. The zero-order valence-corrected chi connectivity index (χ0v) is 9.51. The smallest absolute Gasteiger partial charge is 0.178 e. The topological polar surface area (TPSA) is 29.5 Å². The standard InChI is InChI=1S/C11H21NO2/c1-4-14-9-10(13)11(2,3)12-7-5-6-8-12/h4-9H2,1-3H3. The summed E-state index contributed by atoms with van der Waals surface area (Å²) in [4.78, 5) is 14.1. The first-order valence-corrected chi connectivity index (χ1v) is 5.45. The number of hydrogen-bond donors (Lipinski definition) is 0. The lowest BCUT2D eigenvalue weighted by Crippen LogP contribution is -2.50. The third-order valence-electron chi connectivity index (χ3n) is 3.02. The van der Waals surface area contributed by atoms with Crippen LogP contribution in [0.4, 0.5) is 0 Å². The Hall–Kier alpha value is -0.410. The third-order valence-corrected chi connectivity index (χ3v) is 3.02. The molecule has 0 unspecified atom stereocenters. The highest BCUT2D eigenvalue weighted by atomic mass is 16.5. The molecule has 1 heterocycles. The summed E-state index contributed by atoms with van der Waals surface area (Å²) in [6.07, 6.45) is 2.43. The number of carbonyl (C=O) groups excluding carboxylic acids is 1. The maximum atomic E-state index is 11.8. The average Bonchev–Trinajstić information content (AvgIpc) is 2.67. The Morgan fingerprint density at radius 2 is 1.93 bits per heavy atom. The molecule has 0 aromatic rings. The van der Waals surface area contributed by atoms with Gasteiger partial charge in [-0.2, -0.15) is 0 Å². The molecule has 1 aliphatic heterocycles. The molecule has 0 spiro atoms. The van der Waals surface area contributed by atoms with Crippen LogP contribution in [-0.4, -0.2) is 42.5 Å². The minimum Gasteiger partial charge on any atom is -0.374 e. The van der Waals surface area contributed by atoms with Crippen LogP contribution in [0, 0.1) is 0 Å². The van der Waals surface area contributed by atoms with Gasteiger partial charge >= 0.3 is 0 Å². The molecule has 1 aliphatic rings. The molecule has 0 atom stereocenters. The lowest BCUT2D eigenvalue weighted by molar-refractivity contribution is -0.133. The van der Waals surface area contributed by atoms with Crippen molar-refractivity contribution in [1.82, 2.24) is 4.90 Å². The summed E-state index contributed by atoms with van der Waals surface area (Å²) in [5, 5.41) is 0. The fraction of sp³-hybridized carbons (Fsp3) is 0.909. The molecule has 3 nitrogen and oxygen atoms in total. The molecule has 0 aliphatic carbocycles. The van der Waals surface area contributed by atoms with Crippen LogP contribution in [0.25, 0.3) is 0 Å². The van der Waals surface area contributed by atoms with Gasteiger partial charge in [0.25, 0.3) is 0 Å². The quantitative estimate of drug-likeness (QED) is 0.671. The van der Waals surface area contributed by atoms with Gasteiger partial charge in [0, 0.05) is 6.61 Å². The van der Waals surface area contributed by atoms with Gasteiger partial charge in [-0.25, -0.2) is 0 Å². The molecular weight excluding hydrogens is 178 g/mol. The van der Waals surface area contributed by atoms with Crippen LogP contribution in [-0.2, 0) is 9.53 Å². The van der Waals surface area contributed by atoms with Crippen molar-refractivity contribution in [2.24, 2.45) is 0 Å². The van der Waals surface area contributed by atoms with E-state index in [1.54, 1.807) is 0 Å². The summed E-state index contributed by atoms with van der Waals surface area (Å²) in [5.41, 5.74) is -0.342. The van der Waals surface area contributed by atoms with Crippen LogP contribution >= 0.6 is 0 Å². The molecule has 1 rings (SSSR count). The van der Waals surface area contributed by atoms with Crippen molar-refractivity contribution in [3.05, 3.63) is 0 Å². The zero-order chi connectivity index (χ0) is 10.6. The molecule has 0 aromatic carbocycles. The number of hydrogen-bond acceptors (Lipinski definition) is 3. The van der Waals surface area contributed by atoms with E-state index in [4.69, 9.17) is 4.74 Å². The van der Waals surface area contributed by atoms with E-state index in [1.807, 2.05) is 20.8 Å². The predicted octanol–water partition coefficient (Wildman–Crippen LogP) is 1.47. The number of Topliss-reactive ketones (excluding diaryl/α,β-unsaturated/α-hetero) is 1. The first kappa shape index (κ1) is 11.7. The van der Waals surface area contributed by atoms with Crippen molar-refractivity contribution >= 4 is 5.78 Å². The second kappa shape index (κ2) is 4.89. The first-order chi connectivity index (χ1) is 6.59. The van der Waals surface area contributed by atoms with E-state index < -0.39 is 0 Å². The second-order valence-corrected chi connectivity index (χ2v) is 4.31. The van der Waals surface area contributed by atoms with Gasteiger partial charge < -0.3 is 4.74 Å². The van der Waals surface area contributed by atoms with E-state index >= 15 is 0 Å². The van der Waals surface area contributed by atoms with Gasteiger partial charge in [0.15, 0.2) is 5.78 Å². The van der Waals surface area contributed by atoms with Crippen LogP contribution < -0.4 is 0 Å². The number of ketones is 1. The van der Waals surface area contributed by atoms with Crippen molar-refractivity contribution in [3.63, 3.8) is 0 Å². The Morgan fingerprint density at radius 3 is 2.43 bits per heavy atom. The summed E-state index contributed by atoms with van der Waals surface area (Å²) in [6, 6.07) is 0. The highest BCUT2D eigenvalue weighted by Crippen LogP contribution is 2.21. The normalized spacial score (nSPS) is 18.8. The van der Waals surface area contributed by atoms with Crippen LogP contribution in [0.15, 0.2) is 0 Å². The summed E-state index contributed by atoms with van der Waals surface area (Å²) in [5.74, 6) is 0.196. The molecular formula is C11H21NO2. The lowest BCUT2D eigenvalue weighted by Gasteiger charge is -2.33. The van der Waals surface area contributed by atoms with Gasteiger partial charge in [-0.3, -0.25) is 9.69 Å². The molecule has 3 heteroatoms. The fourth-order valence-corrected chi connectivity index (χ4v) is 1.82. The number of rotatable bonds is 5. The average molecular weight is 199 g/mol. The fourth-order valence-electron chi connectivity index (χ4n) is 1.82. The second-order valence-electron chi connectivity index (χ2n) is 4.31. The predicted molar refractivity (Wildman–Crippen MR) is 56.4 cm³/mol. The van der Waals surface area contributed by atoms with E-state index in [0.29, 0.717) is 6.61 Å². The van der Waals surface area contributed by atoms with Gasteiger partial charge in [0.05, 0.1) is 5.54 Å². The molecule has 1 fully saturated rings. The molecule has 82 valence electrons. The van der Waals surface area contributed by atoms with E-state index in [1.165, 1.54) is 12.8 Å². The van der Waals surface area contributed by atoms with E-state index in [0.717, 1.165) is 13.1 Å². The van der Waals surface area contributed by atoms with Gasteiger partial charge in [0.2, 0.25) is 0 Å². The van der Waals surface area contributed by atoms with Crippen molar-refractivity contribution < 1.29 is 9.53 Å². The molecule has 0 N–H and O–H groups in total. The van der Waals surface area contributed by atoms with E-state index in [-0.39, 0.29) is 17.9 Å². The molecule has 1 saturated heterocycles. The Bertz CT molecular complexity index is 195. The maximum absolute atomic E-state index is 11.8. The summed E-state index contributed by atoms with van der Waals surface area (Å²) < 4.78 is 5.16. The summed E-state index contributed by atoms with van der Waals surface area (Å²) in [7, 11) is 0. The Balaban J connectivity index is 2.49. The highest BCUT2D eigenvalue weighted by Gasteiger charge is 2.35.